The lowest BCUT2D eigenvalue weighted by Crippen LogP contribution is -2.33. The average Bonchev–Trinajstić information content (AvgIpc) is 2.46. The van der Waals surface area contributed by atoms with E-state index in [-0.39, 0.29) is 11.3 Å². The Morgan fingerprint density at radius 1 is 1.53 bits per heavy atom. The molecule has 5 nitrogen and oxygen atoms in total. The van der Waals surface area contributed by atoms with Gasteiger partial charge in [-0.25, -0.2) is 10.3 Å². The molecule has 5 heteroatoms. The number of aryl methyl sites for hydroxylation is 1. The normalized spacial score (nSPS) is 19.1. The molecule has 1 aliphatic rings. The number of aromatic hydroxyl groups is 1. The summed E-state index contributed by atoms with van der Waals surface area (Å²) in [5.74, 6) is -0.509. The van der Waals surface area contributed by atoms with E-state index < -0.39 is 12.2 Å². The second-order valence-corrected chi connectivity index (χ2v) is 4.55. The molecule has 0 bridgehead atoms. The fraction of sp³-hybridized carbons (Fsp3) is 0.500. The van der Waals surface area contributed by atoms with Crippen LogP contribution in [0, 0.1) is 0 Å². The van der Waals surface area contributed by atoms with E-state index in [1.54, 1.807) is 12.1 Å². The first kappa shape index (κ1) is 13.8. The number of amides is 1. The highest BCUT2D eigenvalue weighted by atomic mass is 16.8. The van der Waals surface area contributed by atoms with Crippen LogP contribution in [0.1, 0.15) is 42.1 Å². The van der Waals surface area contributed by atoms with Crippen molar-refractivity contribution < 1.29 is 19.5 Å². The maximum atomic E-state index is 11.9. The first-order chi connectivity index (χ1) is 9.20. The molecule has 1 aliphatic heterocycles. The summed E-state index contributed by atoms with van der Waals surface area (Å²) in [6.45, 7) is 2.64. The van der Waals surface area contributed by atoms with Gasteiger partial charge in [0.25, 0.3) is 5.91 Å². The molecule has 1 amide bonds. The molecule has 1 fully saturated rings. The number of ether oxygens (including phenoxy) is 1. The third kappa shape index (κ3) is 3.68. The second kappa shape index (κ2) is 6.54. The van der Waals surface area contributed by atoms with Crippen LogP contribution in [0.25, 0.3) is 0 Å². The van der Waals surface area contributed by atoms with Crippen molar-refractivity contribution in [3.63, 3.8) is 0 Å². The minimum Gasteiger partial charge on any atom is -0.507 e. The summed E-state index contributed by atoms with van der Waals surface area (Å²) in [7, 11) is 0. The van der Waals surface area contributed by atoms with Gasteiger partial charge >= 0.3 is 0 Å². The Bertz CT molecular complexity index is 441. The number of carbonyl (C=O) groups is 1. The monoisotopic (exact) mass is 265 g/mol. The number of benzene rings is 1. The maximum absolute atomic E-state index is 11.9. The average molecular weight is 265 g/mol. The minimum absolute atomic E-state index is 0.0529. The van der Waals surface area contributed by atoms with Crippen LogP contribution in [0.2, 0.25) is 0 Å². The number of rotatable bonds is 4. The van der Waals surface area contributed by atoms with Gasteiger partial charge in [-0.2, -0.15) is 0 Å². The number of carbonyl (C=O) groups excluding carboxylic acids is 1. The van der Waals surface area contributed by atoms with Gasteiger partial charge in [-0.1, -0.05) is 13.0 Å². The van der Waals surface area contributed by atoms with Crippen molar-refractivity contribution in [1.29, 1.82) is 0 Å². The van der Waals surface area contributed by atoms with Crippen molar-refractivity contribution in [1.82, 2.24) is 5.48 Å². The van der Waals surface area contributed by atoms with E-state index in [4.69, 9.17) is 9.57 Å². The number of nitrogens with one attached hydrogen (secondary N) is 1. The molecule has 1 unspecified atom stereocenters. The first-order valence-electron chi connectivity index (χ1n) is 6.60. The molecule has 1 heterocycles. The molecule has 2 N–H and O–H groups in total. The third-order valence-corrected chi connectivity index (χ3v) is 3.13. The summed E-state index contributed by atoms with van der Waals surface area (Å²) in [4.78, 5) is 17.1. The first-order valence-corrected chi connectivity index (χ1v) is 6.60. The van der Waals surface area contributed by atoms with Crippen LogP contribution in [0.15, 0.2) is 18.2 Å². The fourth-order valence-corrected chi connectivity index (χ4v) is 1.96. The van der Waals surface area contributed by atoms with Crippen molar-refractivity contribution in [2.24, 2.45) is 0 Å². The van der Waals surface area contributed by atoms with E-state index >= 15 is 0 Å². The third-order valence-electron chi connectivity index (χ3n) is 3.13. The topological polar surface area (TPSA) is 67.8 Å². The van der Waals surface area contributed by atoms with Gasteiger partial charge in [0.15, 0.2) is 6.29 Å². The van der Waals surface area contributed by atoms with E-state index in [9.17, 15) is 9.90 Å². The van der Waals surface area contributed by atoms with E-state index in [0.29, 0.717) is 6.61 Å². The predicted molar refractivity (Wildman–Crippen MR) is 69.6 cm³/mol. The Morgan fingerprint density at radius 3 is 3.05 bits per heavy atom. The lowest BCUT2D eigenvalue weighted by Gasteiger charge is -2.22. The molecule has 1 saturated heterocycles. The largest absolute Gasteiger partial charge is 0.507 e. The van der Waals surface area contributed by atoms with Crippen LogP contribution >= 0.6 is 0 Å². The molecule has 19 heavy (non-hydrogen) atoms. The lowest BCUT2D eigenvalue weighted by atomic mass is 10.1. The zero-order valence-electron chi connectivity index (χ0n) is 11.0. The zero-order chi connectivity index (χ0) is 13.7. The van der Waals surface area contributed by atoms with Crippen LogP contribution in [0.5, 0.6) is 5.75 Å². The van der Waals surface area contributed by atoms with Gasteiger partial charge in [-0.15, -0.1) is 0 Å². The Hall–Kier alpha value is -1.59. The van der Waals surface area contributed by atoms with Gasteiger partial charge in [0, 0.05) is 13.0 Å². The van der Waals surface area contributed by atoms with Crippen molar-refractivity contribution in [2.75, 3.05) is 6.61 Å². The minimum atomic E-state index is -0.457. The van der Waals surface area contributed by atoms with Crippen LogP contribution in [-0.4, -0.2) is 23.9 Å². The molecule has 1 aromatic rings. The molecule has 0 radical (unpaired) electrons. The zero-order valence-corrected chi connectivity index (χ0v) is 11.0. The number of hydrogen-bond acceptors (Lipinski definition) is 4. The summed E-state index contributed by atoms with van der Waals surface area (Å²) in [5.41, 5.74) is 3.54. The molecule has 0 saturated carbocycles. The molecule has 0 aliphatic carbocycles. The number of hydroxylamine groups is 1. The summed E-state index contributed by atoms with van der Waals surface area (Å²) in [6, 6.07) is 4.97. The van der Waals surface area contributed by atoms with Crippen molar-refractivity contribution >= 4 is 5.91 Å². The van der Waals surface area contributed by atoms with Gasteiger partial charge in [0.1, 0.15) is 5.75 Å². The Morgan fingerprint density at radius 2 is 2.37 bits per heavy atom. The van der Waals surface area contributed by atoms with Gasteiger partial charge in [-0.05, 0) is 37.0 Å². The highest BCUT2D eigenvalue weighted by Gasteiger charge is 2.17. The smallest absolute Gasteiger partial charge is 0.278 e. The number of hydrogen-bond donors (Lipinski definition) is 2. The van der Waals surface area contributed by atoms with E-state index in [0.717, 1.165) is 31.2 Å². The fourth-order valence-electron chi connectivity index (χ4n) is 1.96. The van der Waals surface area contributed by atoms with Crippen LogP contribution in [0.4, 0.5) is 0 Å². The molecule has 0 spiro atoms. The van der Waals surface area contributed by atoms with Crippen LogP contribution in [-0.2, 0) is 16.0 Å². The standard InChI is InChI=1S/C14H19NO4/c1-2-10-6-7-12(16)11(9-10)14(17)15-19-13-5-3-4-8-18-13/h6-7,9,13,16H,2-5,8H2,1H3,(H,15,17). The van der Waals surface area contributed by atoms with Crippen molar-refractivity contribution in [3.8, 4) is 5.75 Å². The molecule has 104 valence electrons. The Kier molecular flexibility index (Phi) is 4.76. The van der Waals surface area contributed by atoms with Crippen LogP contribution in [0.3, 0.4) is 0 Å². The van der Waals surface area contributed by atoms with Crippen molar-refractivity contribution in [2.45, 2.75) is 38.9 Å². The lowest BCUT2D eigenvalue weighted by molar-refractivity contribution is -0.186. The molecular formula is C14H19NO4. The molecule has 1 atom stereocenters. The van der Waals surface area contributed by atoms with Crippen LogP contribution < -0.4 is 5.48 Å². The molecule has 0 aromatic heterocycles. The van der Waals surface area contributed by atoms with Crippen molar-refractivity contribution in [3.05, 3.63) is 29.3 Å². The van der Waals surface area contributed by atoms with Gasteiger partial charge in [0.2, 0.25) is 0 Å². The number of phenolic OH excluding ortho intramolecular Hbond substituents is 1. The van der Waals surface area contributed by atoms with E-state index in [1.807, 2.05) is 6.92 Å². The highest BCUT2D eigenvalue weighted by Crippen LogP contribution is 2.19. The SMILES string of the molecule is CCc1ccc(O)c(C(=O)NOC2CCCCO2)c1. The molecule has 1 aromatic carbocycles. The summed E-state index contributed by atoms with van der Waals surface area (Å²) in [6.07, 6.45) is 3.22. The Labute approximate surface area is 112 Å². The summed E-state index contributed by atoms with van der Waals surface area (Å²) in [5, 5.41) is 9.69. The summed E-state index contributed by atoms with van der Waals surface area (Å²) >= 11 is 0. The predicted octanol–water partition coefficient (Wildman–Crippen LogP) is 2.14. The Balaban J connectivity index is 1.95. The quantitative estimate of drug-likeness (QED) is 0.818. The number of phenols is 1. The highest BCUT2D eigenvalue weighted by molar-refractivity contribution is 5.96. The molecular weight excluding hydrogens is 246 g/mol. The summed E-state index contributed by atoms with van der Waals surface area (Å²) < 4.78 is 5.34. The maximum Gasteiger partial charge on any atom is 0.278 e. The molecule has 2 rings (SSSR count). The van der Waals surface area contributed by atoms with Gasteiger partial charge in [-0.3, -0.25) is 4.79 Å². The van der Waals surface area contributed by atoms with Gasteiger partial charge < -0.3 is 9.84 Å². The van der Waals surface area contributed by atoms with E-state index in [1.165, 1.54) is 6.07 Å². The second-order valence-electron chi connectivity index (χ2n) is 4.55. The van der Waals surface area contributed by atoms with E-state index in [2.05, 4.69) is 5.48 Å². The van der Waals surface area contributed by atoms with Gasteiger partial charge in [0.05, 0.1) is 5.56 Å².